The molecule has 0 aliphatic heterocycles. The Balaban J connectivity index is 3.34. The van der Waals surface area contributed by atoms with Crippen LogP contribution in [0.15, 0.2) is 36.5 Å². The zero-order chi connectivity index (χ0) is 63.5. The van der Waals surface area contributed by atoms with E-state index in [0.717, 1.165) is 51.4 Å². The highest BCUT2D eigenvalue weighted by Gasteiger charge is 2.20. The number of unbranched alkanes of at least 4 members (excludes halogenated alkanes) is 59. The number of aliphatic hydroxyl groups excluding tert-OH is 2. The molecule has 0 radical (unpaired) electrons. The van der Waals surface area contributed by atoms with Crippen LogP contribution in [-0.2, 0) is 14.3 Å². The maximum Gasteiger partial charge on any atom is 0.305 e. The highest BCUT2D eigenvalue weighted by atomic mass is 16.5. The number of hydrogen-bond donors (Lipinski definition) is 3. The van der Waals surface area contributed by atoms with Gasteiger partial charge in [0.2, 0.25) is 5.91 Å². The number of esters is 1. The third-order valence-electron chi connectivity index (χ3n) is 18.9. The maximum atomic E-state index is 12.6. The van der Waals surface area contributed by atoms with Crippen molar-refractivity contribution >= 4 is 11.9 Å². The lowest BCUT2D eigenvalue weighted by Crippen LogP contribution is -2.45. The topological polar surface area (TPSA) is 95.9 Å². The van der Waals surface area contributed by atoms with Crippen LogP contribution in [0, 0.1) is 0 Å². The molecule has 3 N–H and O–H groups in total. The van der Waals surface area contributed by atoms with Crippen LogP contribution in [-0.4, -0.2) is 47.4 Å². The minimum absolute atomic E-state index is 0.00741. The van der Waals surface area contributed by atoms with E-state index in [0.29, 0.717) is 25.9 Å². The SMILES string of the molecule is CCCCCC/C=C\C/C=C\CCCCCCCC(=O)OCCCCCCCCCCCCCCCC/C=C\CCCCCCCCCCCCCCCCCCCC(=O)NC(CO)C(O)CCCCCCCCCCCCCCCCCCCCCC. The van der Waals surface area contributed by atoms with Crippen LogP contribution in [0.3, 0.4) is 0 Å². The molecule has 1 amide bonds. The molecule has 0 rings (SSSR count). The molecule has 0 aromatic rings. The Kier molecular flexibility index (Phi) is 75.8. The Hall–Kier alpha value is -1.92. The van der Waals surface area contributed by atoms with Crippen LogP contribution in [0.4, 0.5) is 0 Å². The second kappa shape index (κ2) is 77.5. The molecule has 6 heteroatoms. The fourth-order valence-electron chi connectivity index (χ4n) is 12.8. The van der Waals surface area contributed by atoms with Crippen molar-refractivity contribution in [3.63, 3.8) is 0 Å². The van der Waals surface area contributed by atoms with E-state index in [1.807, 2.05) is 0 Å². The molecule has 0 heterocycles. The summed E-state index contributed by atoms with van der Waals surface area (Å²) in [7, 11) is 0. The van der Waals surface area contributed by atoms with Gasteiger partial charge in [0.05, 0.1) is 25.4 Å². The standard InChI is InChI=1S/C82H157NO5/c1-3-5-7-9-11-13-15-17-19-21-22-40-43-46-50-54-58-62-66-70-74-80(85)79(78-84)83-81(86)75-71-67-63-59-55-51-47-44-41-38-36-34-32-30-28-26-24-23-25-27-29-31-33-35-37-39-42-45-49-53-57-61-65-69-73-77-88-82(87)76-72-68-64-60-56-52-48-20-18-16-14-12-10-8-6-4-2/h14,16,20,25,27,48,79-80,84-85H,3-13,15,17-19,21-24,26,28-47,49-78H2,1-2H3,(H,83,86)/b16-14-,27-25-,48-20-. The largest absolute Gasteiger partial charge is 0.466 e. The molecule has 0 fully saturated rings. The first kappa shape index (κ1) is 86.1. The number of rotatable bonds is 76. The smallest absolute Gasteiger partial charge is 0.305 e. The van der Waals surface area contributed by atoms with Gasteiger partial charge in [0.1, 0.15) is 0 Å². The summed E-state index contributed by atoms with van der Waals surface area (Å²) in [5.74, 6) is -0.0192. The first-order valence-electron chi connectivity index (χ1n) is 40.2. The summed E-state index contributed by atoms with van der Waals surface area (Å²) in [6, 6.07) is -0.540. The minimum atomic E-state index is -0.663. The van der Waals surface area contributed by atoms with Crippen LogP contribution < -0.4 is 5.32 Å². The molecule has 0 aromatic heterocycles. The predicted octanol–water partition coefficient (Wildman–Crippen LogP) is 26.6. The van der Waals surface area contributed by atoms with E-state index in [9.17, 15) is 19.8 Å². The Morgan fingerprint density at radius 3 is 0.886 bits per heavy atom. The van der Waals surface area contributed by atoms with Crippen molar-refractivity contribution in [2.75, 3.05) is 13.2 Å². The van der Waals surface area contributed by atoms with Crippen LogP contribution >= 0.6 is 0 Å². The molecule has 2 unspecified atom stereocenters. The van der Waals surface area contributed by atoms with Crippen molar-refractivity contribution in [1.82, 2.24) is 5.32 Å². The second-order valence-electron chi connectivity index (χ2n) is 27.7. The first-order valence-corrected chi connectivity index (χ1v) is 40.2. The number of carbonyl (C=O) groups is 2. The third kappa shape index (κ3) is 73.1. The van der Waals surface area contributed by atoms with E-state index in [-0.39, 0.29) is 18.5 Å². The monoisotopic (exact) mass is 1240 g/mol. The lowest BCUT2D eigenvalue weighted by Gasteiger charge is -2.22. The van der Waals surface area contributed by atoms with Crippen LogP contribution in [0.25, 0.3) is 0 Å². The fraction of sp³-hybridized carbons (Fsp3) is 0.902. The van der Waals surface area contributed by atoms with E-state index < -0.39 is 12.1 Å². The van der Waals surface area contributed by atoms with E-state index in [1.165, 1.54) is 366 Å². The maximum absolute atomic E-state index is 12.6. The zero-order valence-electron chi connectivity index (χ0n) is 59.7. The number of aliphatic hydroxyl groups is 2. The summed E-state index contributed by atoms with van der Waals surface area (Å²) in [5.41, 5.74) is 0. The number of amides is 1. The Morgan fingerprint density at radius 1 is 0.318 bits per heavy atom. The van der Waals surface area contributed by atoms with Gasteiger partial charge in [0.25, 0.3) is 0 Å². The van der Waals surface area contributed by atoms with Crippen molar-refractivity contribution in [1.29, 1.82) is 0 Å². The van der Waals surface area contributed by atoms with Gasteiger partial charge in [-0.15, -0.1) is 0 Å². The first-order chi connectivity index (χ1) is 43.5. The number of nitrogens with one attached hydrogen (secondary N) is 1. The third-order valence-corrected chi connectivity index (χ3v) is 18.9. The molecule has 0 bridgehead atoms. The second-order valence-corrected chi connectivity index (χ2v) is 27.7. The Morgan fingerprint density at radius 2 is 0.568 bits per heavy atom. The summed E-state index contributed by atoms with van der Waals surface area (Å²) < 4.78 is 5.50. The van der Waals surface area contributed by atoms with Gasteiger partial charge in [-0.05, 0) is 83.5 Å². The molecular formula is C82H157NO5. The lowest BCUT2D eigenvalue weighted by atomic mass is 10.0. The van der Waals surface area contributed by atoms with Gasteiger partial charge < -0.3 is 20.3 Å². The number of hydrogen-bond acceptors (Lipinski definition) is 5. The highest BCUT2D eigenvalue weighted by Crippen LogP contribution is 2.20. The summed E-state index contributed by atoms with van der Waals surface area (Å²) in [6.07, 6.45) is 101. The molecular weight excluding hydrogens is 1080 g/mol. The predicted molar refractivity (Wildman–Crippen MR) is 389 cm³/mol. The Bertz CT molecular complexity index is 1430. The van der Waals surface area contributed by atoms with E-state index in [4.69, 9.17) is 4.74 Å². The molecule has 0 aromatic carbocycles. The average molecular weight is 1240 g/mol. The normalized spacial score (nSPS) is 12.6. The average Bonchev–Trinajstić information content (AvgIpc) is 3.58. The quantitative estimate of drug-likeness (QED) is 0.0320. The minimum Gasteiger partial charge on any atom is -0.466 e. The van der Waals surface area contributed by atoms with Crippen molar-refractivity contribution < 1.29 is 24.5 Å². The molecule has 0 saturated heterocycles. The van der Waals surface area contributed by atoms with Gasteiger partial charge in [0.15, 0.2) is 0 Å². The molecule has 0 saturated carbocycles. The number of carbonyl (C=O) groups excluding carboxylic acids is 2. The molecule has 520 valence electrons. The number of allylic oxidation sites excluding steroid dienone is 6. The summed E-state index contributed by atoms with van der Waals surface area (Å²) in [4.78, 5) is 24.7. The summed E-state index contributed by atoms with van der Waals surface area (Å²) >= 11 is 0. The molecule has 88 heavy (non-hydrogen) atoms. The van der Waals surface area contributed by atoms with Crippen LogP contribution in [0.2, 0.25) is 0 Å². The van der Waals surface area contributed by atoms with Crippen LogP contribution in [0.5, 0.6) is 0 Å². The van der Waals surface area contributed by atoms with E-state index in [2.05, 4.69) is 55.6 Å². The van der Waals surface area contributed by atoms with E-state index >= 15 is 0 Å². The van der Waals surface area contributed by atoms with Gasteiger partial charge in [-0.2, -0.15) is 0 Å². The summed E-state index contributed by atoms with van der Waals surface area (Å²) in [5, 5.41) is 23.4. The number of ether oxygens (including phenoxy) is 1. The van der Waals surface area contributed by atoms with Gasteiger partial charge in [0, 0.05) is 12.8 Å². The van der Waals surface area contributed by atoms with Crippen molar-refractivity contribution in [2.24, 2.45) is 0 Å². The zero-order valence-corrected chi connectivity index (χ0v) is 59.7. The lowest BCUT2D eigenvalue weighted by molar-refractivity contribution is -0.143. The fourth-order valence-corrected chi connectivity index (χ4v) is 12.8. The molecule has 2 atom stereocenters. The van der Waals surface area contributed by atoms with Gasteiger partial charge in [-0.3, -0.25) is 9.59 Å². The molecule has 6 nitrogen and oxygen atoms in total. The molecule has 0 aliphatic carbocycles. The Labute approximate surface area is 551 Å². The van der Waals surface area contributed by atoms with Gasteiger partial charge in [-0.1, -0.05) is 391 Å². The van der Waals surface area contributed by atoms with Gasteiger partial charge >= 0.3 is 5.97 Å². The van der Waals surface area contributed by atoms with Crippen molar-refractivity contribution in [3.8, 4) is 0 Å². The molecule has 0 aliphatic rings. The molecule has 0 spiro atoms. The van der Waals surface area contributed by atoms with Gasteiger partial charge in [-0.25, -0.2) is 0 Å². The highest BCUT2D eigenvalue weighted by molar-refractivity contribution is 5.76. The van der Waals surface area contributed by atoms with E-state index in [1.54, 1.807) is 0 Å². The van der Waals surface area contributed by atoms with Crippen molar-refractivity contribution in [3.05, 3.63) is 36.5 Å². The summed E-state index contributed by atoms with van der Waals surface area (Å²) in [6.45, 7) is 4.98. The van der Waals surface area contributed by atoms with Crippen molar-refractivity contribution in [2.45, 2.75) is 463 Å². The van der Waals surface area contributed by atoms with Crippen LogP contribution in [0.1, 0.15) is 450 Å².